The summed E-state index contributed by atoms with van der Waals surface area (Å²) in [5.74, 6) is -0.185. The molecule has 0 fully saturated rings. The topological polar surface area (TPSA) is 88.4 Å². The number of anilines is 1. The van der Waals surface area contributed by atoms with Crippen molar-refractivity contribution in [3.8, 4) is 11.3 Å². The van der Waals surface area contributed by atoms with E-state index in [-0.39, 0.29) is 22.5 Å². The molecule has 6 nitrogen and oxygen atoms in total. The van der Waals surface area contributed by atoms with Crippen molar-refractivity contribution in [3.63, 3.8) is 0 Å². The molecule has 0 unspecified atom stereocenters. The van der Waals surface area contributed by atoms with Gasteiger partial charge in [-0.05, 0) is 43.3 Å². The number of rotatable bonds is 4. The summed E-state index contributed by atoms with van der Waals surface area (Å²) in [6.45, 7) is 1.72. The molecule has 0 atom stereocenters. The fourth-order valence-electron chi connectivity index (χ4n) is 3.40. The van der Waals surface area contributed by atoms with E-state index in [9.17, 15) is 14.4 Å². The van der Waals surface area contributed by atoms with Gasteiger partial charge in [0.25, 0.3) is 11.8 Å². The highest BCUT2D eigenvalue weighted by atomic mass is 16.3. The first-order chi connectivity index (χ1) is 15.0. The van der Waals surface area contributed by atoms with Crippen molar-refractivity contribution in [2.45, 2.75) is 6.92 Å². The molecule has 0 radical (unpaired) electrons. The van der Waals surface area contributed by atoms with E-state index >= 15 is 0 Å². The normalized spacial score (nSPS) is 10.6. The Labute approximate surface area is 178 Å². The maximum Gasteiger partial charge on any atom is 0.259 e. The molecule has 31 heavy (non-hydrogen) atoms. The Morgan fingerprint density at radius 2 is 1.55 bits per heavy atom. The van der Waals surface area contributed by atoms with Crippen LogP contribution in [0.5, 0.6) is 0 Å². The predicted molar refractivity (Wildman–Crippen MR) is 120 cm³/mol. The van der Waals surface area contributed by atoms with Crippen LogP contribution in [-0.2, 0) is 0 Å². The lowest BCUT2D eigenvalue weighted by molar-refractivity contribution is 0.0962. The molecule has 4 rings (SSSR count). The number of amides is 2. The summed E-state index contributed by atoms with van der Waals surface area (Å²) in [4.78, 5) is 37.6. The third-order valence-electron chi connectivity index (χ3n) is 5.06. The van der Waals surface area contributed by atoms with E-state index in [1.807, 2.05) is 30.3 Å². The highest BCUT2D eigenvalue weighted by Crippen LogP contribution is 2.27. The Kier molecular flexibility index (Phi) is 5.37. The molecule has 0 aliphatic heterocycles. The van der Waals surface area contributed by atoms with Crippen LogP contribution in [0.1, 0.15) is 26.3 Å². The number of benzene rings is 3. The molecule has 2 amide bonds. The number of hydrogen-bond donors (Lipinski definition) is 2. The molecule has 0 saturated carbocycles. The van der Waals surface area contributed by atoms with Crippen molar-refractivity contribution in [1.82, 2.24) is 5.32 Å². The van der Waals surface area contributed by atoms with Crippen molar-refractivity contribution in [2.75, 3.05) is 12.4 Å². The Hall–Kier alpha value is -4.19. The van der Waals surface area contributed by atoms with E-state index in [4.69, 9.17) is 4.42 Å². The molecule has 0 bridgehead atoms. The fraction of sp³-hybridized carbons (Fsp3) is 0.0800. The monoisotopic (exact) mass is 412 g/mol. The average molecular weight is 412 g/mol. The molecular formula is C25H20N2O4. The lowest BCUT2D eigenvalue weighted by Gasteiger charge is -2.11. The summed E-state index contributed by atoms with van der Waals surface area (Å²) >= 11 is 0. The summed E-state index contributed by atoms with van der Waals surface area (Å²) in [5.41, 5.74) is 2.57. The molecule has 154 valence electrons. The number of para-hydroxylation sites is 1. The van der Waals surface area contributed by atoms with Crippen LogP contribution in [-0.4, -0.2) is 18.9 Å². The Bertz CT molecular complexity index is 1340. The first-order valence-corrected chi connectivity index (χ1v) is 9.75. The van der Waals surface area contributed by atoms with Gasteiger partial charge in [0.1, 0.15) is 5.76 Å². The van der Waals surface area contributed by atoms with Crippen molar-refractivity contribution < 1.29 is 14.0 Å². The molecule has 1 aromatic heterocycles. The number of hydrogen-bond acceptors (Lipinski definition) is 4. The van der Waals surface area contributed by atoms with Crippen LogP contribution in [0.3, 0.4) is 0 Å². The third kappa shape index (κ3) is 3.83. The van der Waals surface area contributed by atoms with E-state index in [0.717, 1.165) is 5.56 Å². The van der Waals surface area contributed by atoms with Gasteiger partial charge < -0.3 is 15.1 Å². The van der Waals surface area contributed by atoms with Gasteiger partial charge >= 0.3 is 0 Å². The van der Waals surface area contributed by atoms with Crippen LogP contribution in [0.2, 0.25) is 0 Å². The lowest BCUT2D eigenvalue weighted by Crippen LogP contribution is -2.18. The van der Waals surface area contributed by atoms with E-state index in [0.29, 0.717) is 28.0 Å². The number of carbonyl (C=O) groups is 2. The van der Waals surface area contributed by atoms with Crippen LogP contribution in [0, 0.1) is 6.92 Å². The first-order valence-electron chi connectivity index (χ1n) is 9.75. The molecule has 1 heterocycles. The van der Waals surface area contributed by atoms with Gasteiger partial charge in [0.15, 0.2) is 11.0 Å². The molecule has 2 N–H and O–H groups in total. The minimum absolute atomic E-state index is 0.176. The summed E-state index contributed by atoms with van der Waals surface area (Å²) in [5, 5.41) is 5.69. The first kappa shape index (κ1) is 20.1. The zero-order valence-corrected chi connectivity index (χ0v) is 17.1. The molecular weight excluding hydrogens is 392 g/mol. The van der Waals surface area contributed by atoms with Crippen molar-refractivity contribution >= 4 is 28.5 Å². The number of carbonyl (C=O) groups excluding carboxylic acids is 2. The van der Waals surface area contributed by atoms with Crippen LogP contribution in [0.4, 0.5) is 5.69 Å². The van der Waals surface area contributed by atoms with E-state index in [2.05, 4.69) is 10.6 Å². The second-order valence-electron chi connectivity index (χ2n) is 7.04. The van der Waals surface area contributed by atoms with Crippen LogP contribution >= 0.6 is 0 Å². The Morgan fingerprint density at radius 1 is 0.839 bits per heavy atom. The number of fused-ring (bicyclic) bond motifs is 1. The highest BCUT2D eigenvalue weighted by molar-refractivity contribution is 6.11. The molecule has 3 aromatic carbocycles. The van der Waals surface area contributed by atoms with Gasteiger partial charge in [-0.2, -0.15) is 0 Å². The fourth-order valence-corrected chi connectivity index (χ4v) is 3.40. The second kappa shape index (κ2) is 8.28. The Balaban J connectivity index is 1.75. The smallest absolute Gasteiger partial charge is 0.259 e. The van der Waals surface area contributed by atoms with Crippen LogP contribution in [0.15, 0.2) is 82.0 Å². The molecule has 6 heteroatoms. The van der Waals surface area contributed by atoms with Crippen molar-refractivity contribution in [3.05, 3.63) is 99.7 Å². The van der Waals surface area contributed by atoms with Gasteiger partial charge in [-0.1, -0.05) is 36.4 Å². The van der Waals surface area contributed by atoms with Gasteiger partial charge in [0.05, 0.1) is 10.9 Å². The van der Waals surface area contributed by atoms with Crippen LogP contribution in [0.25, 0.3) is 22.3 Å². The van der Waals surface area contributed by atoms with Gasteiger partial charge in [-0.3, -0.25) is 14.4 Å². The second-order valence-corrected chi connectivity index (χ2v) is 7.04. The van der Waals surface area contributed by atoms with Gasteiger partial charge in [-0.15, -0.1) is 0 Å². The number of nitrogens with one attached hydrogen (secondary N) is 2. The quantitative estimate of drug-likeness (QED) is 0.521. The largest absolute Gasteiger partial charge is 0.455 e. The maximum atomic E-state index is 13.0. The van der Waals surface area contributed by atoms with E-state index in [1.54, 1.807) is 56.4 Å². The summed E-state index contributed by atoms with van der Waals surface area (Å²) in [6, 6.07) is 20.8. The zero-order valence-electron chi connectivity index (χ0n) is 17.1. The lowest BCUT2D eigenvalue weighted by atomic mass is 10.0. The van der Waals surface area contributed by atoms with E-state index in [1.165, 1.54) is 0 Å². The minimum Gasteiger partial charge on any atom is -0.455 e. The SMILES string of the molecule is CNC(=O)c1ccc(NC(=O)c2cccc3c(=O)c(C)c(-c4ccccc4)oc23)cc1. The molecule has 0 spiro atoms. The van der Waals surface area contributed by atoms with Gasteiger partial charge in [-0.25, -0.2) is 0 Å². The molecule has 0 aliphatic carbocycles. The van der Waals surface area contributed by atoms with Crippen molar-refractivity contribution in [1.29, 1.82) is 0 Å². The predicted octanol–water partition coefficient (Wildman–Crippen LogP) is 4.38. The average Bonchev–Trinajstić information content (AvgIpc) is 2.81. The molecule has 0 saturated heterocycles. The summed E-state index contributed by atoms with van der Waals surface area (Å²) in [6.07, 6.45) is 0. The Morgan fingerprint density at radius 3 is 2.23 bits per heavy atom. The van der Waals surface area contributed by atoms with Gasteiger partial charge in [0, 0.05) is 29.4 Å². The van der Waals surface area contributed by atoms with E-state index < -0.39 is 5.91 Å². The molecule has 4 aromatic rings. The minimum atomic E-state index is -0.413. The molecule has 0 aliphatic rings. The zero-order chi connectivity index (χ0) is 22.0. The van der Waals surface area contributed by atoms with Gasteiger partial charge in [0.2, 0.25) is 0 Å². The standard InChI is InChI=1S/C25H20N2O4/c1-15-21(28)19-9-6-10-20(23(19)31-22(15)16-7-4-3-5-8-16)25(30)27-18-13-11-17(12-14-18)24(29)26-2/h3-14H,1-2H3,(H,26,29)(H,27,30). The summed E-state index contributed by atoms with van der Waals surface area (Å²) in [7, 11) is 1.55. The third-order valence-corrected chi connectivity index (χ3v) is 5.06. The summed E-state index contributed by atoms with van der Waals surface area (Å²) < 4.78 is 6.10. The maximum absolute atomic E-state index is 13.0. The highest BCUT2D eigenvalue weighted by Gasteiger charge is 2.18. The van der Waals surface area contributed by atoms with Crippen LogP contribution < -0.4 is 16.1 Å². The van der Waals surface area contributed by atoms with Crippen molar-refractivity contribution in [2.24, 2.45) is 0 Å².